The number of nitriles is 1. The summed E-state index contributed by atoms with van der Waals surface area (Å²) in [7, 11) is 1.91. The number of ether oxygens (including phenoxy) is 1. The Kier molecular flexibility index (Phi) is 4.20. The molecule has 0 fully saturated rings. The second kappa shape index (κ2) is 6.07. The number of aromatic nitrogens is 3. The van der Waals surface area contributed by atoms with Gasteiger partial charge in [-0.3, -0.25) is 0 Å². The molecular formula is C12H12N4OS. The molecular weight excluding hydrogens is 248 g/mol. The Bertz CT molecular complexity index is 544. The van der Waals surface area contributed by atoms with Crippen molar-refractivity contribution in [2.45, 2.75) is 5.16 Å². The number of hydrogen-bond acceptors (Lipinski definition) is 5. The zero-order chi connectivity index (χ0) is 12.8. The van der Waals surface area contributed by atoms with E-state index in [1.165, 1.54) is 0 Å². The predicted molar refractivity (Wildman–Crippen MR) is 68.4 cm³/mol. The maximum atomic E-state index is 8.66. The molecule has 0 aliphatic carbocycles. The van der Waals surface area contributed by atoms with E-state index in [1.807, 2.05) is 11.6 Å². The van der Waals surface area contributed by atoms with Gasteiger partial charge in [0.25, 0.3) is 0 Å². The monoisotopic (exact) mass is 260 g/mol. The van der Waals surface area contributed by atoms with Crippen molar-refractivity contribution in [3.05, 3.63) is 36.2 Å². The van der Waals surface area contributed by atoms with Crippen LogP contribution in [0.2, 0.25) is 0 Å². The Labute approximate surface area is 109 Å². The summed E-state index contributed by atoms with van der Waals surface area (Å²) in [4.78, 5) is 0. The first-order valence-electron chi connectivity index (χ1n) is 5.39. The molecule has 5 nitrogen and oxygen atoms in total. The van der Waals surface area contributed by atoms with Crippen molar-refractivity contribution >= 4 is 11.8 Å². The smallest absolute Gasteiger partial charge is 0.190 e. The van der Waals surface area contributed by atoms with Crippen LogP contribution in [0.1, 0.15) is 5.56 Å². The van der Waals surface area contributed by atoms with Gasteiger partial charge < -0.3 is 9.30 Å². The Morgan fingerprint density at radius 2 is 2.17 bits per heavy atom. The number of hydrogen-bond donors (Lipinski definition) is 0. The highest BCUT2D eigenvalue weighted by Crippen LogP contribution is 2.15. The van der Waals surface area contributed by atoms with Crippen molar-refractivity contribution in [2.24, 2.45) is 7.05 Å². The summed E-state index contributed by atoms with van der Waals surface area (Å²) in [5.41, 5.74) is 0.635. The molecule has 2 aromatic rings. The molecule has 0 saturated carbocycles. The number of aryl methyl sites for hydroxylation is 1. The van der Waals surface area contributed by atoms with Crippen LogP contribution in [0.5, 0.6) is 5.75 Å². The van der Waals surface area contributed by atoms with Crippen LogP contribution in [-0.2, 0) is 7.05 Å². The van der Waals surface area contributed by atoms with Crippen molar-refractivity contribution in [2.75, 3.05) is 12.4 Å². The van der Waals surface area contributed by atoms with Crippen molar-refractivity contribution in [3.8, 4) is 11.8 Å². The Hall–Kier alpha value is -2.00. The summed E-state index contributed by atoms with van der Waals surface area (Å²) in [5, 5.41) is 17.3. The number of rotatable bonds is 5. The molecule has 0 aliphatic heterocycles. The summed E-state index contributed by atoms with van der Waals surface area (Å²) in [6, 6.07) is 9.15. The molecule has 18 heavy (non-hydrogen) atoms. The summed E-state index contributed by atoms with van der Waals surface area (Å²) in [5.74, 6) is 1.57. The van der Waals surface area contributed by atoms with E-state index in [9.17, 15) is 0 Å². The fraction of sp³-hybridized carbons (Fsp3) is 0.250. The van der Waals surface area contributed by atoms with Gasteiger partial charge in [0.1, 0.15) is 12.1 Å². The maximum Gasteiger partial charge on any atom is 0.190 e. The van der Waals surface area contributed by atoms with Crippen molar-refractivity contribution < 1.29 is 4.74 Å². The van der Waals surface area contributed by atoms with E-state index in [-0.39, 0.29) is 0 Å². The minimum atomic E-state index is 0.587. The van der Waals surface area contributed by atoms with Gasteiger partial charge in [0, 0.05) is 12.8 Å². The van der Waals surface area contributed by atoms with E-state index in [4.69, 9.17) is 10.00 Å². The maximum absolute atomic E-state index is 8.66. The van der Waals surface area contributed by atoms with Crippen LogP contribution in [0, 0.1) is 11.3 Å². The third kappa shape index (κ3) is 3.25. The van der Waals surface area contributed by atoms with Gasteiger partial charge in [-0.2, -0.15) is 5.26 Å². The number of thioether (sulfide) groups is 1. The lowest BCUT2D eigenvalue weighted by Crippen LogP contribution is -2.01. The second-order valence-electron chi connectivity index (χ2n) is 3.56. The molecule has 1 aromatic carbocycles. The zero-order valence-electron chi connectivity index (χ0n) is 9.91. The van der Waals surface area contributed by atoms with Crippen LogP contribution in [-0.4, -0.2) is 27.1 Å². The topological polar surface area (TPSA) is 63.7 Å². The molecule has 92 valence electrons. The van der Waals surface area contributed by atoms with Crippen LogP contribution in [0.4, 0.5) is 0 Å². The van der Waals surface area contributed by atoms with Crippen LogP contribution < -0.4 is 4.74 Å². The van der Waals surface area contributed by atoms with Crippen molar-refractivity contribution in [1.82, 2.24) is 14.8 Å². The molecule has 0 bridgehead atoms. The third-order valence-electron chi connectivity index (χ3n) is 2.24. The molecule has 6 heteroatoms. The first-order valence-corrected chi connectivity index (χ1v) is 6.38. The molecule has 2 rings (SSSR count). The highest BCUT2D eigenvalue weighted by atomic mass is 32.2. The van der Waals surface area contributed by atoms with E-state index in [1.54, 1.807) is 42.4 Å². The van der Waals surface area contributed by atoms with Gasteiger partial charge in [-0.1, -0.05) is 11.8 Å². The first-order chi connectivity index (χ1) is 8.79. The minimum absolute atomic E-state index is 0.587. The van der Waals surface area contributed by atoms with Crippen molar-refractivity contribution in [3.63, 3.8) is 0 Å². The van der Waals surface area contributed by atoms with E-state index in [0.717, 1.165) is 16.7 Å². The second-order valence-corrected chi connectivity index (χ2v) is 4.62. The Balaban J connectivity index is 1.75. The molecule has 0 spiro atoms. The molecule has 0 amide bonds. The van der Waals surface area contributed by atoms with Gasteiger partial charge >= 0.3 is 0 Å². The average Bonchev–Trinajstić information content (AvgIpc) is 2.81. The third-order valence-corrected chi connectivity index (χ3v) is 3.24. The van der Waals surface area contributed by atoms with Gasteiger partial charge in [-0.15, -0.1) is 10.2 Å². The van der Waals surface area contributed by atoms with Crippen LogP contribution in [0.3, 0.4) is 0 Å². The highest BCUT2D eigenvalue weighted by Gasteiger charge is 2.01. The molecule has 0 radical (unpaired) electrons. The molecule has 0 saturated heterocycles. The van der Waals surface area contributed by atoms with E-state index in [0.29, 0.717) is 12.2 Å². The fourth-order valence-corrected chi connectivity index (χ4v) is 2.03. The first kappa shape index (κ1) is 12.5. The molecule has 1 heterocycles. The molecule has 0 N–H and O–H groups in total. The lowest BCUT2D eigenvalue weighted by atomic mass is 10.2. The van der Waals surface area contributed by atoms with E-state index >= 15 is 0 Å². The number of benzene rings is 1. The van der Waals surface area contributed by atoms with Gasteiger partial charge in [0.2, 0.25) is 0 Å². The summed E-state index contributed by atoms with van der Waals surface area (Å²) in [6.07, 6.45) is 1.67. The van der Waals surface area contributed by atoms with Gasteiger partial charge in [-0.25, -0.2) is 0 Å². The standard InChI is InChI=1S/C12H12N4OS/c1-16-9-14-15-12(16)18-7-6-17-11-4-2-10(8-13)3-5-11/h2-5,9H,6-7H2,1H3. The van der Waals surface area contributed by atoms with Crippen LogP contribution in [0.15, 0.2) is 35.7 Å². The van der Waals surface area contributed by atoms with Gasteiger partial charge in [0.05, 0.1) is 18.2 Å². The summed E-state index contributed by atoms with van der Waals surface area (Å²) >= 11 is 1.59. The predicted octanol–water partition coefficient (Wildman–Crippen LogP) is 1.86. The lowest BCUT2D eigenvalue weighted by Gasteiger charge is -2.05. The Morgan fingerprint density at radius 1 is 1.39 bits per heavy atom. The summed E-state index contributed by atoms with van der Waals surface area (Å²) < 4.78 is 7.42. The Morgan fingerprint density at radius 3 is 2.78 bits per heavy atom. The molecule has 1 aromatic heterocycles. The van der Waals surface area contributed by atoms with Crippen LogP contribution in [0.25, 0.3) is 0 Å². The fourth-order valence-electron chi connectivity index (χ4n) is 1.32. The molecule has 0 atom stereocenters. The normalized spacial score (nSPS) is 10.0. The highest BCUT2D eigenvalue weighted by molar-refractivity contribution is 7.99. The zero-order valence-corrected chi connectivity index (χ0v) is 10.7. The molecule has 0 aliphatic rings. The summed E-state index contributed by atoms with van der Waals surface area (Å²) in [6.45, 7) is 0.587. The lowest BCUT2D eigenvalue weighted by molar-refractivity contribution is 0.344. The van der Waals surface area contributed by atoms with Gasteiger partial charge in [0.15, 0.2) is 5.16 Å². The van der Waals surface area contributed by atoms with Crippen LogP contribution >= 0.6 is 11.8 Å². The van der Waals surface area contributed by atoms with E-state index in [2.05, 4.69) is 16.3 Å². The van der Waals surface area contributed by atoms with Gasteiger partial charge in [-0.05, 0) is 24.3 Å². The van der Waals surface area contributed by atoms with Crippen molar-refractivity contribution in [1.29, 1.82) is 5.26 Å². The SMILES string of the molecule is Cn1cnnc1SCCOc1ccc(C#N)cc1. The average molecular weight is 260 g/mol. The largest absolute Gasteiger partial charge is 0.493 e. The quantitative estimate of drug-likeness (QED) is 0.606. The number of nitrogens with zero attached hydrogens (tertiary/aromatic N) is 4. The molecule has 0 unspecified atom stereocenters. The minimum Gasteiger partial charge on any atom is -0.493 e. The van der Waals surface area contributed by atoms with E-state index < -0.39 is 0 Å².